The van der Waals surface area contributed by atoms with Crippen LogP contribution in [0.5, 0.6) is 0 Å². The minimum atomic E-state index is -0.230. The molecule has 35 heavy (non-hydrogen) atoms. The van der Waals surface area contributed by atoms with E-state index in [1.54, 1.807) is 27.7 Å². The van der Waals surface area contributed by atoms with E-state index < -0.39 is 0 Å². The van der Waals surface area contributed by atoms with E-state index in [1.807, 2.05) is 49.4 Å². The molecule has 0 saturated carbocycles. The second kappa shape index (κ2) is 8.63. The largest absolute Gasteiger partial charge is 0.306 e. The molecule has 3 heterocycles. The molecule has 0 unspecified atom stereocenters. The predicted molar refractivity (Wildman–Crippen MR) is 137 cm³/mol. The van der Waals surface area contributed by atoms with Crippen molar-refractivity contribution in [3.8, 4) is 11.5 Å². The van der Waals surface area contributed by atoms with Crippen LogP contribution in [0.25, 0.3) is 22.5 Å². The summed E-state index contributed by atoms with van der Waals surface area (Å²) in [6.45, 7) is 8.28. The van der Waals surface area contributed by atoms with Crippen LogP contribution in [0.3, 0.4) is 0 Å². The molecule has 3 aromatic heterocycles. The molecule has 0 aliphatic carbocycles. The number of nitrogens with one attached hydrogen (secondary N) is 1. The first kappa shape index (κ1) is 22.7. The smallest absolute Gasteiger partial charge is 0.256 e. The van der Waals surface area contributed by atoms with Crippen LogP contribution in [-0.2, 0) is 5.41 Å². The van der Waals surface area contributed by atoms with Crippen LogP contribution >= 0.6 is 11.6 Å². The van der Waals surface area contributed by atoms with Gasteiger partial charge in [0.2, 0.25) is 0 Å². The van der Waals surface area contributed by atoms with Crippen molar-refractivity contribution in [3.05, 3.63) is 89.0 Å². The zero-order valence-corrected chi connectivity index (χ0v) is 20.6. The number of halogens is 1. The summed E-state index contributed by atoms with van der Waals surface area (Å²) in [5.74, 6) is 0.782. The van der Waals surface area contributed by atoms with E-state index in [9.17, 15) is 4.79 Å². The summed E-state index contributed by atoms with van der Waals surface area (Å²) < 4.78 is 3.29. The lowest BCUT2D eigenvalue weighted by molar-refractivity contribution is 0.102. The van der Waals surface area contributed by atoms with Crippen molar-refractivity contribution >= 4 is 34.4 Å². The quantitative estimate of drug-likeness (QED) is 0.362. The van der Waals surface area contributed by atoms with Gasteiger partial charge in [-0.05, 0) is 48.2 Å². The highest BCUT2D eigenvalue weighted by molar-refractivity contribution is 6.30. The maximum Gasteiger partial charge on any atom is 0.256 e. The van der Waals surface area contributed by atoms with E-state index in [-0.39, 0.29) is 11.3 Å². The molecule has 0 fully saturated rings. The number of carbonyl (C=O) groups excluding carboxylic acids is 1. The van der Waals surface area contributed by atoms with Crippen LogP contribution in [0.1, 0.15) is 42.4 Å². The number of nitrogens with zero attached hydrogens (tertiary/aromatic N) is 6. The van der Waals surface area contributed by atoms with Gasteiger partial charge in [-0.1, -0.05) is 50.6 Å². The molecule has 0 aliphatic heterocycles. The maximum absolute atomic E-state index is 13.0. The van der Waals surface area contributed by atoms with Gasteiger partial charge in [0.05, 0.1) is 23.0 Å². The van der Waals surface area contributed by atoms with Crippen LogP contribution in [-0.4, -0.2) is 35.4 Å². The molecular weight excluding hydrogens is 462 g/mol. The van der Waals surface area contributed by atoms with Crippen molar-refractivity contribution in [2.45, 2.75) is 33.1 Å². The van der Waals surface area contributed by atoms with Crippen molar-refractivity contribution < 1.29 is 4.79 Å². The van der Waals surface area contributed by atoms with Crippen molar-refractivity contribution in [1.29, 1.82) is 0 Å². The fourth-order valence-corrected chi connectivity index (χ4v) is 4.04. The fourth-order valence-electron chi connectivity index (χ4n) is 3.86. The molecule has 0 bridgehead atoms. The zero-order valence-electron chi connectivity index (χ0n) is 19.8. The molecule has 8 nitrogen and oxygen atoms in total. The van der Waals surface area contributed by atoms with Crippen LogP contribution in [0.4, 0.5) is 5.82 Å². The van der Waals surface area contributed by atoms with E-state index in [1.165, 1.54) is 6.33 Å². The Hall–Kier alpha value is -4.04. The fraction of sp³-hybridized carbons (Fsp3) is 0.192. The Morgan fingerprint density at radius 3 is 2.49 bits per heavy atom. The average molecular weight is 486 g/mol. The van der Waals surface area contributed by atoms with Crippen LogP contribution < -0.4 is 5.32 Å². The summed E-state index contributed by atoms with van der Waals surface area (Å²) in [6, 6.07) is 16.8. The van der Waals surface area contributed by atoms with Crippen LogP contribution in [0, 0.1) is 6.92 Å². The Balaban J connectivity index is 1.51. The van der Waals surface area contributed by atoms with E-state index in [4.69, 9.17) is 11.6 Å². The van der Waals surface area contributed by atoms with Crippen molar-refractivity contribution in [2.75, 3.05) is 5.32 Å². The molecule has 0 atom stereocenters. The summed E-state index contributed by atoms with van der Waals surface area (Å²) in [7, 11) is 0. The normalized spacial score (nSPS) is 11.7. The molecule has 9 heteroatoms. The van der Waals surface area contributed by atoms with Gasteiger partial charge in [0, 0.05) is 16.7 Å². The Morgan fingerprint density at radius 2 is 1.77 bits per heavy atom. The highest BCUT2D eigenvalue weighted by atomic mass is 35.5. The topological polar surface area (TPSA) is 90.5 Å². The molecule has 176 valence electrons. The van der Waals surface area contributed by atoms with Crippen molar-refractivity contribution in [2.24, 2.45) is 0 Å². The second-order valence-electron chi connectivity index (χ2n) is 9.34. The first-order valence-corrected chi connectivity index (χ1v) is 11.5. The Kier molecular flexibility index (Phi) is 5.61. The monoisotopic (exact) mass is 485 g/mol. The minimum absolute atomic E-state index is 0.0125. The predicted octanol–water partition coefficient (Wildman–Crippen LogP) is 5.51. The van der Waals surface area contributed by atoms with Gasteiger partial charge in [0.15, 0.2) is 11.5 Å². The van der Waals surface area contributed by atoms with Gasteiger partial charge in [0.1, 0.15) is 12.1 Å². The Morgan fingerprint density at radius 1 is 1.00 bits per heavy atom. The summed E-state index contributed by atoms with van der Waals surface area (Å²) in [4.78, 5) is 21.9. The lowest BCUT2D eigenvalue weighted by Gasteiger charge is -2.19. The van der Waals surface area contributed by atoms with Crippen LogP contribution in [0.2, 0.25) is 5.02 Å². The molecule has 5 rings (SSSR count). The van der Waals surface area contributed by atoms with Crippen molar-refractivity contribution in [1.82, 2.24) is 29.5 Å². The number of aromatic nitrogens is 6. The first-order chi connectivity index (χ1) is 16.7. The first-order valence-electron chi connectivity index (χ1n) is 11.1. The van der Waals surface area contributed by atoms with Gasteiger partial charge < -0.3 is 5.32 Å². The molecule has 0 spiro atoms. The van der Waals surface area contributed by atoms with E-state index in [2.05, 4.69) is 46.3 Å². The van der Waals surface area contributed by atoms with E-state index in [0.29, 0.717) is 33.3 Å². The number of amides is 1. The number of carbonyl (C=O) groups is 1. The highest BCUT2D eigenvalue weighted by Crippen LogP contribution is 2.26. The maximum atomic E-state index is 13.0. The number of fused-ring (bicyclic) bond motifs is 1. The van der Waals surface area contributed by atoms with Crippen molar-refractivity contribution in [3.63, 3.8) is 0 Å². The van der Waals surface area contributed by atoms with Gasteiger partial charge in [-0.3, -0.25) is 4.79 Å². The summed E-state index contributed by atoms with van der Waals surface area (Å²) in [6.07, 6.45) is 3.13. The van der Waals surface area contributed by atoms with Gasteiger partial charge in [-0.2, -0.15) is 14.9 Å². The molecule has 0 saturated heterocycles. The van der Waals surface area contributed by atoms with E-state index >= 15 is 0 Å². The third kappa shape index (κ3) is 4.40. The lowest BCUT2D eigenvalue weighted by atomic mass is 9.87. The number of hydrogen-bond donors (Lipinski definition) is 1. The summed E-state index contributed by atoms with van der Waals surface area (Å²) >= 11 is 6.17. The average Bonchev–Trinajstić information content (AvgIpc) is 3.41. The Bertz CT molecular complexity index is 1540. The number of benzene rings is 2. The molecule has 1 N–H and O–H groups in total. The van der Waals surface area contributed by atoms with Crippen LogP contribution in [0.15, 0.2) is 67.1 Å². The van der Waals surface area contributed by atoms with Gasteiger partial charge >= 0.3 is 0 Å². The Labute approximate surface area is 207 Å². The SMILES string of the molecule is Cc1cc(NC(=O)c2ccc(C(C)(C)C)cc2)n(-c2ncnc3c2cnn3-c2cccc(Cl)c2)n1. The zero-order chi connectivity index (χ0) is 24.7. The van der Waals surface area contributed by atoms with Gasteiger partial charge in [-0.25, -0.2) is 14.6 Å². The second-order valence-corrected chi connectivity index (χ2v) is 9.77. The number of anilines is 1. The third-order valence-electron chi connectivity index (χ3n) is 5.68. The third-order valence-corrected chi connectivity index (χ3v) is 5.92. The van der Waals surface area contributed by atoms with Gasteiger partial charge in [0.25, 0.3) is 5.91 Å². The molecule has 0 radical (unpaired) electrons. The molecule has 5 aromatic rings. The van der Waals surface area contributed by atoms with Gasteiger partial charge in [-0.15, -0.1) is 0 Å². The standard InChI is InChI=1S/C26H24ClN7O/c1-16-12-22(31-25(35)17-8-10-18(11-9-17)26(2,3)4)34(32-16)24-21-14-30-33(23(21)28-15-29-24)20-7-5-6-19(27)13-20/h5-15H,1-4H3,(H,31,35). The molecule has 1 amide bonds. The number of hydrogen-bond acceptors (Lipinski definition) is 5. The molecule has 0 aliphatic rings. The summed E-state index contributed by atoms with van der Waals surface area (Å²) in [5.41, 5.74) is 3.84. The molecular formula is C26H24ClN7O. The number of rotatable bonds is 4. The summed E-state index contributed by atoms with van der Waals surface area (Å²) in [5, 5.41) is 13.3. The number of aryl methyl sites for hydroxylation is 1. The molecule has 2 aromatic carbocycles. The highest BCUT2D eigenvalue weighted by Gasteiger charge is 2.19. The van der Waals surface area contributed by atoms with E-state index in [0.717, 1.165) is 16.9 Å². The lowest BCUT2D eigenvalue weighted by Crippen LogP contribution is -2.17. The minimum Gasteiger partial charge on any atom is -0.306 e.